The second-order valence-corrected chi connectivity index (χ2v) is 12.4. The van der Waals surface area contributed by atoms with Crippen LogP contribution in [0.4, 0.5) is 0 Å². The molecule has 3 aromatic heterocycles. The van der Waals surface area contributed by atoms with E-state index in [0.29, 0.717) is 11.8 Å². The van der Waals surface area contributed by atoms with Crippen molar-refractivity contribution in [2.24, 2.45) is 7.05 Å². The molecule has 0 bridgehead atoms. The first kappa shape index (κ1) is 25.8. The fourth-order valence-corrected chi connectivity index (χ4v) is 7.11. The van der Waals surface area contributed by atoms with Crippen molar-refractivity contribution >= 4 is 54.9 Å². The Kier molecular flexibility index (Phi) is 5.61. The molecule has 3 heterocycles. The fraction of sp³-hybridized carbons (Fsp3) is 0.205. The van der Waals surface area contributed by atoms with Crippen LogP contribution in [-0.2, 0) is 7.05 Å². The van der Waals surface area contributed by atoms with Crippen molar-refractivity contribution in [3.63, 3.8) is 0 Å². The number of rotatable bonds is 4. The van der Waals surface area contributed by atoms with E-state index in [1.165, 1.54) is 33.4 Å². The number of para-hydroxylation sites is 4. The van der Waals surface area contributed by atoms with Gasteiger partial charge in [-0.3, -0.25) is 0 Å². The van der Waals surface area contributed by atoms with E-state index in [0.717, 1.165) is 55.3 Å². The van der Waals surface area contributed by atoms with Gasteiger partial charge in [0, 0.05) is 32.7 Å². The van der Waals surface area contributed by atoms with Crippen molar-refractivity contribution in [3.8, 4) is 17.1 Å². The Labute approximate surface area is 250 Å². The highest BCUT2D eigenvalue weighted by molar-refractivity contribution is 6.26. The summed E-state index contributed by atoms with van der Waals surface area (Å²) in [7, 11) is 2.18. The Morgan fingerprint density at radius 3 is 2.02 bits per heavy atom. The molecule has 0 spiro atoms. The zero-order valence-corrected chi connectivity index (χ0v) is 25.5. The van der Waals surface area contributed by atoms with Gasteiger partial charge >= 0.3 is 0 Å². The molecule has 0 N–H and O–H groups in total. The Morgan fingerprint density at radius 2 is 1.28 bits per heavy atom. The van der Waals surface area contributed by atoms with Crippen LogP contribution in [0.3, 0.4) is 0 Å². The fourth-order valence-electron chi connectivity index (χ4n) is 7.11. The van der Waals surface area contributed by atoms with Gasteiger partial charge in [0.2, 0.25) is 0 Å². The molecule has 0 atom stereocenters. The number of hydrogen-bond acceptors (Lipinski definition) is 2. The highest BCUT2D eigenvalue weighted by Gasteiger charge is 2.33. The molecule has 0 saturated heterocycles. The molecule has 43 heavy (non-hydrogen) atoms. The second kappa shape index (κ2) is 9.34. The van der Waals surface area contributed by atoms with Crippen molar-refractivity contribution in [1.82, 2.24) is 4.57 Å². The van der Waals surface area contributed by atoms with Gasteiger partial charge in [-0.1, -0.05) is 88.4 Å². The molecule has 5 aromatic carbocycles. The molecule has 212 valence electrons. The Balaban J connectivity index is 1.56. The molecule has 0 aliphatic heterocycles. The zero-order valence-electron chi connectivity index (χ0n) is 25.5. The van der Waals surface area contributed by atoms with Gasteiger partial charge in [-0.2, -0.15) is 4.57 Å². The number of nitrogens with zero attached hydrogens (tertiary/aromatic N) is 2. The van der Waals surface area contributed by atoms with E-state index in [4.69, 9.17) is 8.83 Å². The van der Waals surface area contributed by atoms with Crippen molar-refractivity contribution < 1.29 is 13.4 Å². The average molecular weight is 564 g/mol. The first-order valence-corrected chi connectivity index (χ1v) is 15.2. The molecule has 0 fully saturated rings. The minimum absolute atomic E-state index is 0.360. The second-order valence-electron chi connectivity index (χ2n) is 12.4. The first-order valence-electron chi connectivity index (χ1n) is 15.2. The number of hydrogen-bond donors (Lipinski definition) is 0. The van der Waals surface area contributed by atoms with Crippen LogP contribution in [0.2, 0.25) is 0 Å². The normalized spacial score (nSPS) is 12.4. The molecule has 0 amide bonds. The first-order chi connectivity index (χ1) is 20.8. The Hall–Kier alpha value is -4.83. The van der Waals surface area contributed by atoms with Crippen LogP contribution in [0.1, 0.15) is 56.2 Å². The highest BCUT2D eigenvalue weighted by Crippen LogP contribution is 2.44. The van der Waals surface area contributed by atoms with E-state index in [1.807, 2.05) is 18.2 Å². The minimum Gasteiger partial charge on any atom is -0.456 e. The maximum atomic E-state index is 6.87. The quantitative estimate of drug-likeness (QED) is 0.200. The van der Waals surface area contributed by atoms with Crippen molar-refractivity contribution in [2.75, 3.05) is 0 Å². The summed E-state index contributed by atoms with van der Waals surface area (Å²) in [5.41, 5.74) is 12.2. The predicted octanol–water partition coefficient (Wildman–Crippen LogP) is 10.5. The molecule has 0 aliphatic carbocycles. The van der Waals surface area contributed by atoms with E-state index in [-0.39, 0.29) is 0 Å². The summed E-state index contributed by atoms with van der Waals surface area (Å²) in [6, 6.07) is 32.4. The van der Waals surface area contributed by atoms with E-state index in [1.54, 1.807) is 0 Å². The molecule has 4 heteroatoms. The van der Waals surface area contributed by atoms with Gasteiger partial charge in [0.15, 0.2) is 16.6 Å². The van der Waals surface area contributed by atoms with Crippen LogP contribution < -0.4 is 4.57 Å². The molecule has 0 unspecified atom stereocenters. The summed E-state index contributed by atoms with van der Waals surface area (Å²) in [6.45, 7) is 11.4. The number of aromatic nitrogens is 2. The smallest absolute Gasteiger partial charge is 0.299 e. The highest BCUT2D eigenvalue weighted by atomic mass is 16.3. The van der Waals surface area contributed by atoms with Crippen LogP contribution >= 0.6 is 0 Å². The number of imidazole rings is 1. The lowest BCUT2D eigenvalue weighted by atomic mass is 9.92. The molecule has 0 saturated carbocycles. The molecular formula is C39H35N2O2+. The third kappa shape index (κ3) is 3.59. The van der Waals surface area contributed by atoms with Gasteiger partial charge in [0.05, 0.1) is 7.05 Å². The van der Waals surface area contributed by atoms with Gasteiger partial charge in [-0.25, -0.2) is 4.57 Å². The summed E-state index contributed by atoms with van der Waals surface area (Å²) in [6.07, 6.45) is 0. The van der Waals surface area contributed by atoms with Crippen LogP contribution in [0.5, 0.6) is 0 Å². The Morgan fingerprint density at radius 1 is 0.628 bits per heavy atom. The van der Waals surface area contributed by atoms with Crippen LogP contribution in [-0.4, -0.2) is 4.57 Å². The average Bonchev–Trinajstić information content (AvgIpc) is 3.66. The standard InChI is InChI=1S/C39H35N2O2/c1-22(2)25-13-11-14-26(23(3)4)37(25)41-30-16-9-8-15-29(30)40(6)39(41)34-24(5)18-19-28-36-33(43-38(28)34)21-20-32-35(36)27-12-7-10-17-31(27)42-32/h7-23H,1-6H3/q+1. The predicted molar refractivity (Wildman–Crippen MR) is 177 cm³/mol. The largest absolute Gasteiger partial charge is 0.456 e. The topological polar surface area (TPSA) is 35.1 Å². The number of aryl methyl sites for hydroxylation is 2. The summed E-state index contributed by atoms with van der Waals surface area (Å²) < 4.78 is 18.0. The van der Waals surface area contributed by atoms with E-state index < -0.39 is 0 Å². The zero-order chi connectivity index (χ0) is 29.6. The lowest BCUT2D eigenvalue weighted by molar-refractivity contribution is -0.633. The van der Waals surface area contributed by atoms with Crippen molar-refractivity contribution in [2.45, 2.75) is 46.5 Å². The summed E-state index contributed by atoms with van der Waals surface area (Å²) in [5.74, 6) is 1.84. The lowest BCUT2D eigenvalue weighted by Gasteiger charge is -2.18. The molecule has 8 aromatic rings. The van der Waals surface area contributed by atoms with E-state index >= 15 is 0 Å². The molecular weight excluding hydrogens is 528 g/mol. The van der Waals surface area contributed by atoms with Crippen molar-refractivity contribution in [1.29, 1.82) is 0 Å². The molecule has 4 nitrogen and oxygen atoms in total. The number of fused-ring (bicyclic) bond motifs is 8. The summed E-state index contributed by atoms with van der Waals surface area (Å²) in [5, 5.41) is 4.43. The molecule has 0 radical (unpaired) electrons. The monoisotopic (exact) mass is 563 g/mol. The minimum atomic E-state index is 0.360. The van der Waals surface area contributed by atoms with Crippen LogP contribution in [0, 0.1) is 6.92 Å². The summed E-state index contributed by atoms with van der Waals surface area (Å²) >= 11 is 0. The van der Waals surface area contributed by atoms with Gasteiger partial charge in [0.25, 0.3) is 5.82 Å². The Bertz CT molecular complexity index is 2350. The van der Waals surface area contributed by atoms with Gasteiger partial charge in [-0.05, 0) is 54.7 Å². The van der Waals surface area contributed by atoms with Crippen molar-refractivity contribution in [3.05, 3.63) is 108 Å². The molecule has 8 rings (SSSR count). The van der Waals surface area contributed by atoms with Crippen LogP contribution in [0.25, 0.3) is 72.0 Å². The van der Waals surface area contributed by atoms with Gasteiger partial charge in [-0.15, -0.1) is 0 Å². The third-order valence-corrected chi connectivity index (χ3v) is 9.16. The number of benzene rings is 5. The third-order valence-electron chi connectivity index (χ3n) is 9.16. The summed E-state index contributed by atoms with van der Waals surface area (Å²) in [4.78, 5) is 0. The van der Waals surface area contributed by atoms with E-state index in [9.17, 15) is 0 Å². The maximum absolute atomic E-state index is 6.87. The maximum Gasteiger partial charge on any atom is 0.299 e. The SMILES string of the molecule is Cc1ccc2c(oc3ccc4oc5ccccc5c4c32)c1-c1n(-c2c(C(C)C)cccc2C(C)C)c2ccccc2[n+]1C. The van der Waals surface area contributed by atoms with Gasteiger partial charge < -0.3 is 8.83 Å². The lowest BCUT2D eigenvalue weighted by Crippen LogP contribution is -2.30. The molecule has 0 aliphatic rings. The van der Waals surface area contributed by atoms with E-state index in [2.05, 4.69) is 124 Å². The van der Waals surface area contributed by atoms with Gasteiger partial charge in [0.1, 0.15) is 28.0 Å². The van der Waals surface area contributed by atoms with Crippen LogP contribution in [0.15, 0.2) is 99.8 Å². The number of furan rings is 2.